The number of carbonyl (C=O) groups excluding carboxylic acids is 1. The van der Waals surface area contributed by atoms with Crippen LogP contribution in [0.4, 0.5) is 0 Å². The number of Topliss-reactive ketones (excluding diaryl/α,β-unsaturated/α-hetero) is 1. The van der Waals surface area contributed by atoms with Crippen LogP contribution in [-0.4, -0.2) is 5.78 Å². The first-order valence-electron chi connectivity index (χ1n) is 6.34. The molecule has 0 bridgehead atoms. The number of nitrogens with zero attached hydrogens (tertiary/aromatic N) is 1. The van der Waals surface area contributed by atoms with E-state index in [0.717, 1.165) is 15.6 Å². The lowest BCUT2D eigenvalue weighted by Gasteiger charge is -2.05. The molecule has 2 nitrogen and oxygen atoms in total. The predicted molar refractivity (Wildman–Crippen MR) is 85.2 cm³/mol. The molecule has 1 atom stereocenters. The van der Waals surface area contributed by atoms with E-state index in [9.17, 15) is 4.79 Å². The van der Waals surface area contributed by atoms with Gasteiger partial charge in [0.25, 0.3) is 0 Å². The summed E-state index contributed by atoms with van der Waals surface area (Å²) in [6.07, 6.45) is 0. The third kappa shape index (κ3) is 3.25. The molecule has 1 unspecified atom stereocenters. The summed E-state index contributed by atoms with van der Waals surface area (Å²) in [5, 5.41) is 0. The zero-order valence-corrected chi connectivity index (χ0v) is 15.3. The van der Waals surface area contributed by atoms with E-state index < -0.39 is 0 Å². The molecule has 21 heavy (non-hydrogen) atoms. The largest absolute Gasteiger partial charge is 1.00 e. The molecule has 0 N–H and O–H groups in total. The number of hydrogen-bond donors (Lipinski definition) is 0. The quantitative estimate of drug-likeness (QED) is 0.458. The Morgan fingerprint density at radius 3 is 2.52 bits per heavy atom. The average Bonchev–Trinajstić information content (AvgIpc) is 2.90. The zero-order valence-electron chi connectivity index (χ0n) is 11.3. The van der Waals surface area contributed by atoms with Crippen molar-refractivity contribution in [2.45, 2.75) is 13.0 Å². The first-order chi connectivity index (χ1) is 9.66. The Bertz CT molecular complexity index is 767. The second kappa shape index (κ2) is 6.81. The van der Waals surface area contributed by atoms with Gasteiger partial charge in [-0.05, 0) is 18.2 Å². The van der Waals surface area contributed by atoms with Crippen LogP contribution in [0.2, 0.25) is 0 Å². The van der Waals surface area contributed by atoms with Crippen LogP contribution in [0, 0.1) is 0 Å². The van der Waals surface area contributed by atoms with Crippen molar-refractivity contribution in [1.29, 1.82) is 0 Å². The highest BCUT2D eigenvalue weighted by molar-refractivity contribution is 9.10. The fourth-order valence-corrected chi connectivity index (χ4v) is 3.46. The number of aromatic nitrogens is 1. The number of halogens is 2. The maximum atomic E-state index is 12.6. The molecule has 3 aromatic rings. The summed E-state index contributed by atoms with van der Waals surface area (Å²) in [6.45, 7) is 1.95. The van der Waals surface area contributed by atoms with Gasteiger partial charge in [0.2, 0.25) is 22.9 Å². The van der Waals surface area contributed by atoms with Crippen molar-refractivity contribution in [1.82, 2.24) is 0 Å². The number of carbonyl (C=O) groups is 1. The molecule has 108 valence electrons. The maximum Gasteiger partial charge on any atom is 0.230 e. The fourth-order valence-electron chi connectivity index (χ4n) is 2.22. The van der Waals surface area contributed by atoms with Crippen molar-refractivity contribution in [3.8, 4) is 0 Å². The predicted octanol–water partition coefficient (Wildman–Crippen LogP) is 1.40. The standard InChI is InChI=1S/C16H13BrNOS.BrH/c1-11(16(19)12-6-8-13(17)9-7-12)18-10-20-15-5-3-2-4-14(15)18;/h2-11H,1H3;1H/q+1;/p-1. The van der Waals surface area contributed by atoms with Gasteiger partial charge in [0.05, 0.1) is 0 Å². The summed E-state index contributed by atoms with van der Waals surface area (Å²) < 4.78 is 4.22. The van der Waals surface area contributed by atoms with Gasteiger partial charge in [-0.15, -0.1) is 0 Å². The van der Waals surface area contributed by atoms with Gasteiger partial charge in [-0.3, -0.25) is 4.79 Å². The lowest BCUT2D eigenvalue weighted by atomic mass is 10.1. The number of thiazole rings is 1. The Kier molecular flexibility index (Phi) is 5.30. The van der Waals surface area contributed by atoms with E-state index in [4.69, 9.17) is 0 Å². The Morgan fingerprint density at radius 1 is 1.14 bits per heavy atom. The molecule has 0 saturated carbocycles. The Labute approximate surface area is 146 Å². The third-order valence-corrected chi connectivity index (χ3v) is 4.82. The van der Waals surface area contributed by atoms with Crippen molar-refractivity contribution in [3.63, 3.8) is 0 Å². The number of rotatable bonds is 3. The van der Waals surface area contributed by atoms with Crippen molar-refractivity contribution >= 4 is 43.3 Å². The molecule has 5 heteroatoms. The summed E-state index contributed by atoms with van der Waals surface area (Å²) in [6, 6.07) is 15.5. The molecule has 0 fully saturated rings. The molecule has 3 rings (SSSR count). The smallest absolute Gasteiger partial charge is 0.230 e. The molecule has 2 aromatic carbocycles. The number of benzene rings is 2. The molecule has 0 aliphatic rings. The van der Waals surface area contributed by atoms with Gasteiger partial charge < -0.3 is 17.0 Å². The Morgan fingerprint density at radius 2 is 1.81 bits per heavy atom. The summed E-state index contributed by atoms with van der Waals surface area (Å²) in [5.74, 6) is 0.131. The monoisotopic (exact) mass is 425 g/mol. The molecule has 0 radical (unpaired) electrons. The lowest BCUT2D eigenvalue weighted by Crippen LogP contribution is -3.00. The van der Waals surface area contributed by atoms with Gasteiger partial charge in [-0.1, -0.05) is 51.5 Å². The van der Waals surface area contributed by atoms with Crippen molar-refractivity contribution in [2.75, 3.05) is 0 Å². The van der Waals surface area contributed by atoms with Crippen molar-refractivity contribution in [3.05, 3.63) is 64.1 Å². The zero-order chi connectivity index (χ0) is 14.1. The molecule has 0 saturated heterocycles. The molecule has 1 aromatic heterocycles. The number of fused-ring (bicyclic) bond motifs is 1. The summed E-state index contributed by atoms with van der Waals surface area (Å²) in [4.78, 5) is 12.6. The molecule has 1 heterocycles. The average molecular weight is 427 g/mol. The minimum absolute atomic E-state index is 0. The van der Waals surface area contributed by atoms with Crippen LogP contribution in [0.15, 0.2) is 58.5 Å². The van der Waals surface area contributed by atoms with Crippen molar-refractivity contribution in [2.24, 2.45) is 0 Å². The van der Waals surface area contributed by atoms with Gasteiger partial charge in [-0.25, -0.2) is 0 Å². The molecule has 0 amide bonds. The van der Waals surface area contributed by atoms with E-state index in [1.807, 2.05) is 53.4 Å². The second-order valence-electron chi connectivity index (χ2n) is 4.65. The van der Waals surface area contributed by atoms with Gasteiger partial charge in [0, 0.05) is 23.0 Å². The summed E-state index contributed by atoms with van der Waals surface area (Å²) in [7, 11) is 0. The Balaban J connectivity index is 0.00000161. The van der Waals surface area contributed by atoms with Crippen LogP contribution >= 0.6 is 27.3 Å². The van der Waals surface area contributed by atoms with Gasteiger partial charge in [0.1, 0.15) is 4.70 Å². The fraction of sp³-hybridized carbons (Fsp3) is 0.125. The summed E-state index contributed by atoms with van der Waals surface area (Å²) >= 11 is 5.05. The number of hydrogen-bond acceptors (Lipinski definition) is 2. The highest BCUT2D eigenvalue weighted by atomic mass is 79.9. The molecule has 0 aliphatic carbocycles. The lowest BCUT2D eigenvalue weighted by molar-refractivity contribution is -0.675. The van der Waals surface area contributed by atoms with E-state index in [0.29, 0.717) is 0 Å². The SMILES string of the molecule is CC(C(=O)c1ccc(Br)cc1)[n+]1csc2ccccc21.[Br-]. The van der Waals surface area contributed by atoms with Crippen LogP contribution in [0.25, 0.3) is 10.2 Å². The first-order valence-corrected chi connectivity index (χ1v) is 8.01. The number of ketones is 1. The Hall–Kier alpha value is -1.04. The van der Waals surface area contributed by atoms with E-state index >= 15 is 0 Å². The van der Waals surface area contributed by atoms with Crippen LogP contribution in [0.1, 0.15) is 23.3 Å². The van der Waals surface area contributed by atoms with Gasteiger partial charge in [-0.2, -0.15) is 4.57 Å². The van der Waals surface area contributed by atoms with Crippen LogP contribution in [0.3, 0.4) is 0 Å². The minimum Gasteiger partial charge on any atom is -1.00 e. The molecular formula is C16H13Br2NOS. The normalized spacial score (nSPS) is 11.9. The second-order valence-corrected chi connectivity index (χ2v) is 6.45. The van der Waals surface area contributed by atoms with Crippen molar-refractivity contribution < 1.29 is 26.3 Å². The van der Waals surface area contributed by atoms with E-state index in [1.165, 1.54) is 4.70 Å². The highest BCUT2D eigenvalue weighted by Gasteiger charge is 2.26. The topological polar surface area (TPSA) is 20.9 Å². The van der Waals surface area contributed by atoms with Gasteiger partial charge >= 0.3 is 0 Å². The van der Waals surface area contributed by atoms with Crippen LogP contribution in [-0.2, 0) is 0 Å². The van der Waals surface area contributed by atoms with E-state index in [1.54, 1.807) is 11.3 Å². The first kappa shape index (κ1) is 16.3. The van der Waals surface area contributed by atoms with E-state index in [2.05, 4.69) is 28.1 Å². The minimum atomic E-state index is -0.202. The summed E-state index contributed by atoms with van der Waals surface area (Å²) in [5.41, 5.74) is 3.87. The number of para-hydroxylation sites is 1. The molecule has 0 spiro atoms. The van der Waals surface area contributed by atoms with Crippen LogP contribution < -0.4 is 21.5 Å². The third-order valence-electron chi connectivity index (χ3n) is 3.36. The molecular weight excluding hydrogens is 414 g/mol. The van der Waals surface area contributed by atoms with E-state index in [-0.39, 0.29) is 28.8 Å². The maximum absolute atomic E-state index is 12.6. The molecule has 0 aliphatic heterocycles. The van der Waals surface area contributed by atoms with Gasteiger partial charge in [0.15, 0.2) is 0 Å². The highest BCUT2D eigenvalue weighted by Crippen LogP contribution is 2.19. The van der Waals surface area contributed by atoms with Crippen LogP contribution in [0.5, 0.6) is 0 Å².